The molecular weight excluding hydrogens is 635 g/mol. The summed E-state index contributed by atoms with van der Waals surface area (Å²) in [4.78, 5) is 57.6. The first-order valence-electron chi connectivity index (χ1n) is 18.8. The van der Waals surface area contributed by atoms with Crippen LogP contribution < -0.4 is 10.6 Å². The van der Waals surface area contributed by atoms with Crippen molar-refractivity contribution in [2.75, 3.05) is 6.54 Å². The van der Waals surface area contributed by atoms with Crippen molar-refractivity contribution in [3.8, 4) is 0 Å². The third-order valence-electron chi connectivity index (χ3n) is 13.1. The summed E-state index contributed by atoms with van der Waals surface area (Å²) in [7, 11) is -0.581. The van der Waals surface area contributed by atoms with Gasteiger partial charge in [0.25, 0.3) is 0 Å². The Morgan fingerprint density at radius 1 is 1.02 bits per heavy atom. The number of rotatable bonds is 8. The molecule has 3 heterocycles. The zero-order valence-electron chi connectivity index (χ0n) is 30.8. The number of amides is 4. The van der Waals surface area contributed by atoms with Crippen molar-refractivity contribution in [3.05, 3.63) is 35.4 Å². The predicted molar refractivity (Wildman–Crippen MR) is 187 cm³/mol. The number of ether oxygens (including phenoxy) is 1. The Kier molecular flexibility index (Phi) is 9.06. The monoisotopic (exact) mass is 690 g/mol. The molecule has 4 amide bonds. The highest BCUT2D eigenvalue weighted by Gasteiger charge is 2.68. The van der Waals surface area contributed by atoms with E-state index in [-0.39, 0.29) is 48.1 Å². The molecule has 50 heavy (non-hydrogen) atoms. The second kappa shape index (κ2) is 12.8. The molecule has 12 heteroatoms. The number of hydrogen-bond acceptors (Lipinski definition) is 7. The van der Waals surface area contributed by atoms with E-state index in [9.17, 15) is 19.2 Å². The highest BCUT2D eigenvalue weighted by atomic mass is 16.7. The highest BCUT2D eigenvalue weighted by Crippen LogP contribution is 2.65. The molecule has 0 unspecified atom stereocenters. The molecule has 0 aromatic heterocycles. The Morgan fingerprint density at radius 3 is 2.28 bits per heavy atom. The Morgan fingerprint density at radius 2 is 1.70 bits per heavy atom. The van der Waals surface area contributed by atoms with Gasteiger partial charge in [-0.15, -0.1) is 0 Å². The van der Waals surface area contributed by atoms with E-state index < -0.39 is 42.4 Å². The van der Waals surface area contributed by atoms with Crippen molar-refractivity contribution in [2.45, 2.75) is 142 Å². The van der Waals surface area contributed by atoms with Crippen LogP contribution in [0.25, 0.3) is 0 Å². The van der Waals surface area contributed by atoms with Crippen LogP contribution in [0, 0.1) is 28.6 Å². The minimum Gasteiger partial charge on any atom is -0.444 e. The molecule has 1 aromatic rings. The third-order valence-corrected chi connectivity index (χ3v) is 13.1. The molecule has 2 N–H and O–H groups in total. The van der Waals surface area contributed by atoms with Gasteiger partial charge >= 0.3 is 13.2 Å². The fourth-order valence-corrected chi connectivity index (χ4v) is 9.75. The van der Waals surface area contributed by atoms with Crippen molar-refractivity contribution >= 4 is 30.9 Å². The van der Waals surface area contributed by atoms with E-state index in [1.807, 2.05) is 45.0 Å². The molecule has 272 valence electrons. The summed E-state index contributed by atoms with van der Waals surface area (Å²) in [6, 6.07) is 6.15. The lowest BCUT2D eigenvalue weighted by Gasteiger charge is -2.64. The van der Waals surface area contributed by atoms with E-state index in [1.165, 1.54) is 18.2 Å². The summed E-state index contributed by atoms with van der Waals surface area (Å²) in [5.41, 5.74) is 1.32. The van der Waals surface area contributed by atoms with Gasteiger partial charge < -0.3 is 29.6 Å². The Labute approximate surface area is 297 Å². The molecule has 0 radical (unpaired) electrons. The number of fused-ring (bicyclic) bond motifs is 1. The van der Waals surface area contributed by atoms with Crippen molar-refractivity contribution in [2.24, 2.45) is 28.6 Å². The number of nitrogens with one attached hydrogen (secondary N) is 2. The second-order valence-electron chi connectivity index (χ2n) is 17.9. The Bertz CT molecular complexity index is 1500. The van der Waals surface area contributed by atoms with Crippen LogP contribution in [0.3, 0.4) is 0 Å². The summed E-state index contributed by atoms with van der Waals surface area (Å²) in [6.07, 6.45) is 5.20. The number of carbonyl (C=O) groups excluding carboxylic acids is 4. The fourth-order valence-electron chi connectivity index (χ4n) is 9.75. The van der Waals surface area contributed by atoms with Crippen LogP contribution >= 0.6 is 0 Å². The van der Waals surface area contributed by atoms with Gasteiger partial charge in [-0.25, -0.2) is 4.79 Å². The summed E-state index contributed by atoms with van der Waals surface area (Å²) in [5, 5.41) is 6.12. The lowest BCUT2D eigenvalue weighted by molar-refractivity contribution is -0.199. The van der Waals surface area contributed by atoms with Gasteiger partial charge in [-0.05, 0) is 65.9 Å². The van der Waals surface area contributed by atoms with Crippen LogP contribution in [0.4, 0.5) is 4.79 Å². The van der Waals surface area contributed by atoms with E-state index in [4.69, 9.17) is 14.0 Å². The molecule has 0 spiro atoms. The van der Waals surface area contributed by atoms with Crippen LogP contribution in [0.2, 0.25) is 0 Å². The van der Waals surface area contributed by atoms with Crippen LogP contribution in [0.1, 0.15) is 105 Å². The highest BCUT2D eigenvalue weighted by molar-refractivity contribution is 6.48. The molecule has 4 saturated carbocycles. The maximum Gasteiger partial charge on any atom is 0.481 e. The minimum atomic E-state index is -0.899. The quantitative estimate of drug-likeness (QED) is 0.382. The standard InChI is InChI=1S/C38H55BN4O7/c1-22(44)40-32(36(2,3)4)34(46)43-21-27(48-35(47)42-19-24-13-8-9-14-25(24)20-42)18-28(43)33(45)41-31(15-23-11-10-12-23)39-49-30-17-26-16-29(37(26,5)6)38(30,7)50-39/h8-9,13-14,23,26-32H,10-12,15-21H2,1-7H3,(H,40,44)(H,41,45)/t26-,27+,28-,29-,30+,31-,32+,38-/m0/s1. The minimum absolute atomic E-state index is 0.0136. The molecule has 7 aliphatic rings. The Hall–Kier alpha value is -3.12. The van der Waals surface area contributed by atoms with Gasteiger partial charge in [-0.2, -0.15) is 0 Å². The maximum atomic E-state index is 14.5. The molecule has 2 bridgehead atoms. The second-order valence-corrected chi connectivity index (χ2v) is 17.9. The van der Waals surface area contributed by atoms with E-state index in [0.717, 1.165) is 43.2 Å². The summed E-state index contributed by atoms with van der Waals surface area (Å²) in [6.45, 7) is 14.8. The molecule has 4 aliphatic carbocycles. The topological polar surface area (TPSA) is 127 Å². The van der Waals surface area contributed by atoms with Crippen molar-refractivity contribution in [3.63, 3.8) is 0 Å². The van der Waals surface area contributed by atoms with Crippen LogP contribution in [0.15, 0.2) is 24.3 Å². The third kappa shape index (κ3) is 6.33. The lowest BCUT2D eigenvalue weighted by atomic mass is 9.43. The van der Waals surface area contributed by atoms with Crippen LogP contribution in [0.5, 0.6) is 0 Å². The SMILES string of the molecule is CC(=O)N[C@H](C(=O)N1C[C@H](OC(=O)N2Cc3ccccc3C2)C[C@H]1C(=O)N[C@@H](CC1CCC1)B1O[C@@H]2C[C@@H]3C[C@@H](C3(C)C)[C@]2(C)O1)C(C)(C)C. The number of benzene rings is 1. The average Bonchev–Trinajstić information content (AvgIpc) is 3.74. The summed E-state index contributed by atoms with van der Waals surface area (Å²) < 4.78 is 19.5. The van der Waals surface area contributed by atoms with Crippen molar-refractivity contribution in [1.82, 2.24) is 20.4 Å². The number of likely N-dealkylation sites (tertiary alicyclic amines) is 1. The summed E-state index contributed by atoms with van der Waals surface area (Å²) >= 11 is 0. The van der Waals surface area contributed by atoms with Gasteiger partial charge in [0, 0.05) is 26.4 Å². The van der Waals surface area contributed by atoms with Crippen molar-refractivity contribution in [1.29, 1.82) is 0 Å². The number of carbonyl (C=O) groups is 4. The predicted octanol–water partition coefficient (Wildman–Crippen LogP) is 4.60. The van der Waals surface area contributed by atoms with Gasteiger partial charge in [0.1, 0.15) is 18.2 Å². The maximum absolute atomic E-state index is 14.5. The van der Waals surface area contributed by atoms with Crippen molar-refractivity contribution < 1.29 is 33.2 Å². The average molecular weight is 691 g/mol. The number of hydrogen-bond donors (Lipinski definition) is 2. The smallest absolute Gasteiger partial charge is 0.444 e. The van der Waals surface area contributed by atoms with Crippen LogP contribution in [-0.4, -0.2) is 83.1 Å². The molecule has 6 fully saturated rings. The molecule has 1 aromatic carbocycles. The zero-order valence-corrected chi connectivity index (χ0v) is 30.8. The Balaban J connectivity index is 1.10. The number of nitrogens with zero attached hydrogens (tertiary/aromatic N) is 2. The van der Waals surface area contributed by atoms with Gasteiger partial charge in [-0.3, -0.25) is 19.3 Å². The first-order chi connectivity index (χ1) is 23.5. The molecule has 8 rings (SSSR count). The molecule has 3 aliphatic heterocycles. The largest absolute Gasteiger partial charge is 0.481 e. The van der Waals surface area contributed by atoms with Gasteiger partial charge in [0.15, 0.2) is 0 Å². The van der Waals surface area contributed by atoms with E-state index in [2.05, 4.69) is 31.4 Å². The molecule has 8 atom stereocenters. The van der Waals surface area contributed by atoms with E-state index in [1.54, 1.807) is 4.90 Å². The van der Waals surface area contributed by atoms with E-state index in [0.29, 0.717) is 30.8 Å². The fraction of sp³-hybridized carbons (Fsp3) is 0.737. The van der Waals surface area contributed by atoms with Gasteiger partial charge in [0.05, 0.1) is 24.2 Å². The van der Waals surface area contributed by atoms with Gasteiger partial charge in [-0.1, -0.05) is 78.1 Å². The molecule has 2 saturated heterocycles. The zero-order chi connectivity index (χ0) is 35.7. The summed E-state index contributed by atoms with van der Waals surface area (Å²) in [5.74, 6) is 0.0745. The van der Waals surface area contributed by atoms with Crippen LogP contribution in [-0.2, 0) is 41.5 Å². The normalized spacial score (nSPS) is 32.3. The molecule has 11 nitrogen and oxygen atoms in total. The van der Waals surface area contributed by atoms with Gasteiger partial charge in [0.2, 0.25) is 17.7 Å². The molecular formula is C38H55BN4O7. The first-order valence-corrected chi connectivity index (χ1v) is 18.8. The lowest BCUT2D eigenvalue weighted by Crippen LogP contribution is -2.65. The first kappa shape index (κ1) is 35.3. The van der Waals surface area contributed by atoms with E-state index >= 15 is 0 Å².